The Kier molecular flexibility index (Phi) is 7.74. The number of rotatable bonds is 4. The summed E-state index contributed by atoms with van der Waals surface area (Å²) in [5.41, 5.74) is 1.18. The molecule has 0 bridgehead atoms. The zero-order valence-corrected chi connectivity index (χ0v) is 13.9. The average molecular weight is 335 g/mol. The second kappa shape index (κ2) is 8.78. The number of carbonyl (C=O) groups is 1. The van der Waals surface area contributed by atoms with Gasteiger partial charge in [-0.2, -0.15) is 11.8 Å². The molecule has 1 aliphatic rings. The Morgan fingerprint density at radius 3 is 2.80 bits per heavy atom. The Labute approximate surface area is 135 Å². The molecule has 1 fully saturated rings. The first-order valence-electron chi connectivity index (χ1n) is 6.49. The molecule has 1 aliphatic heterocycles. The minimum atomic E-state index is 0. The lowest BCUT2D eigenvalue weighted by atomic mass is 10.1. The molecule has 1 N–H and O–H groups in total. The van der Waals surface area contributed by atoms with Crippen LogP contribution in [0, 0.1) is 0 Å². The van der Waals surface area contributed by atoms with E-state index in [2.05, 4.69) is 5.32 Å². The molecule has 6 heteroatoms. The summed E-state index contributed by atoms with van der Waals surface area (Å²) in [5, 5.41) is 3.77. The molecule has 3 nitrogen and oxygen atoms in total. The van der Waals surface area contributed by atoms with Gasteiger partial charge in [0.2, 0.25) is 5.91 Å². The second-order valence-electron chi connectivity index (χ2n) is 4.58. The van der Waals surface area contributed by atoms with E-state index in [9.17, 15) is 4.79 Å². The van der Waals surface area contributed by atoms with Crippen molar-refractivity contribution in [1.82, 2.24) is 10.2 Å². The van der Waals surface area contributed by atoms with E-state index in [-0.39, 0.29) is 24.4 Å². The standard InChI is InChI=1S/C14H19ClN2OS.ClH/c1-16-7-6-14(18)17-8-9-19-10-13(17)11-2-4-12(15)5-3-11;/h2-5,13,16H,6-10H2,1H3;1H. The quantitative estimate of drug-likeness (QED) is 0.918. The first-order valence-corrected chi connectivity index (χ1v) is 8.03. The molecule has 1 aromatic carbocycles. The molecule has 2 rings (SSSR count). The van der Waals surface area contributed by atoms with Crippen LogP contribution in [0.5, 0.6) is 0 Å². The molecule has 1 unspecified atom stereocenters. The summed E-state index contributed by atoms with van der Waals surface area (Å²) in [6, 6.07) is 8.02. The first-order chi connectivity index (χ1) is 9.22. The van der Waals surface area contributed by atoms with E-state index in [0.29, 0.717) is 6.42 Å². The average Bonchev–Trinajstić information content (AvgIpc) is 2.45. The highest BCUT2D eigenvalue weighted by atomic mass is 35.5. The van der Waals surface area contributed by atoms with E-state index in [1.807, 2.05) is 48.0 Å². The van der Waals surface area contributed by atoms with Gasteiger partial charge in [0.05, 0.1) is 6.04 Å². The third-order valence-corrected chi connectivity index (χ3v) is 4.57. The number of halogens is 2. The Bertz CT molecular complexity index is 428. The maximum absolute atomic E-state index is 12.3. The van der Waals surface area contributed by atoms with Crippen LogP contribution < -0.4 is 5.32 Å². The molecule has 0 radical (unpaired) electrons. The second-order valence-corrected chi connectivity index (χ2v) is 6.17. The lowest BCUT2D eigenvalue weighted by molar-refractivity contribution is -0.133. The fourth-order valence-electron chi connectivity index (χ4n) is 2.24. The molecule has 0 aromatic heterocycles. The van der Waals surface area contributed by atoms with Crippen molar-refractivity contribution in [2.75, 3.05) is 31.6 Å². The molecule has 0 spiro atoms. The Morgan fingerprint density at radius 1 is 1.45 bits per heavy atom. The lowest BCUT2D eigenvalue weighted by Crippen LogP contribution is -2.41. The predicted octanol–water partition coefficient (Wildman–Crippen LogP) is 2.99. The van der Waals surface area contributed by atoms with Crippen LogP contribution in [0.15, 0.2) is 24.3 Å². The highest BCUT2D eigenvalue weighted by Gasteiger charge is 2.27. The van der Waals surface area contributed by atoms with Crippen molar-refractivity contribution in [3.63, 3.8) is 0 Å². The molecule has 1 heterocycles. The minimum Gasteiger partial charge on any atom is -0.334 e. The van der Waals surface area contributed by atoms with Gasteiger partial charge in [0.25, 0.3) is 0 Å². The van der Waals surface area contributed by atoms with Crippen LogP contribution in [0.4, 0.5) is 0 Å². The van der Waals surface area contributed by atoms with E-state index < -0.39 is 0 Å². The largest absolute Gasteiger partial charge is 0.334 e. The number of amides is 1. The van der Waals surface area contributed by atoms with Gasteiger partial charge in [-0.05, 0) is 24.7 Å². The predicted molar refractivity (Wildman–Crippen MR) is 89.0 cm³/mol. The van der Waals surface area contributed by atoms with Gasteiger partial charge in [0, 0.05) is 36.0 Å². The van der Waals surface area contributed by atoms with Gasteiger partial charge in [-0.3, -0.25) is 4.79 Å². The summed E-state index contributed by atoms with van der Waals surface area (Å²) in [7, 11) is 1.87. The summed E-state index contributed by atoms with van der Waals surface area (Å²) in [5.74, 6) is 2.22. The number of carbonyl (C=O) groups excluding carboxylic acids is 1. The van der Waals surface area contributed by atoms with Crippen LogP contribution in [0.3, 0.4) is 0 Å². The Hall–Kier alpha value is -0.420. The van der Waals surface area contributed by atoms with E-state index in [4.69, 9.17) is 11.6 Å². The number of nitrogens with one attached hydrogen (secondary N) is 1. The maximum atomic E-state index is 12.3. The molecule has 1 aromatic rings. The first kappa shape index (κ1) is 17.6. The number of hydrogen-bond donors (Lipinski definition) is 1. The third kappa shape index (κ3) is 4.55. The lowest BCUT2D eigenvalue weighted by Gasteiger charge is -2.36. The SMILES string of the molecule is CNCCC(=O)N1CCSCC1c1ccc(Cl)cc1.Cl. The Morgan fingerprint density at radius 2 is 2.15 bits per heavy atom. The maximum Gasteiger partial charge on any atom is 0.224 e. The van der Waals surface area contributed by atoms with E-state index in [1.165, 1.54) is 5.56 Å². The molecule has 0 aliphatic carbocycles. The number of thioether (sulfide) groups is 1. The van der Waals surface area contributed by atoms with E-state index in [0.717, 1.165) is 29.6 Å². The van der Waals surface area contributed by atoms with Crippen LogP contribution in [0.1, 0.15) is 18.0 Å². The molecule has 1 amide bonds. The number of nitrogens with zero attached hydrogens (tertiary/aromatic N) is 1. The third-order valence-electron chi connectivity index (χ3n) is 3.29. The van der Waals surface area contributed by atoms with E-state index >= 15 is 0 Å². The van der Waals surface area contributed by atoms with Gasteiger partial charge in [-0.15, -0.1) is 12.4 Å². The highest BCUT2D eigenvalue weighted by molar-refractivity contribution is 7.99. The van der Waals surface area contributed by atoms with Gasteiger partial charge in [0.1, 0.15) is 0 Å². The van der Waals surface area contributed by atoms with Gasteiger partial charge < -0.3 is 10.2 Å². The van der Waals surface area contributed by atoms with Crippen LogP contribution in [-0.2, 0) is 4.79 Å². The fraction of sp³-hybridized carbons (Fsp3) is 0.500. The van der Waals surface area contributed by atoms with Gasteiger partial charge >= 0.3 is 0 Å². The summed E-state index contributed by atoms with van der Waals surface area (Å²) < 4.78 is 0. The van der Waals surface area contributed by atoms with Crippen LogP contribution in [0.2, 0.25) is 5.02 Å². The van der Waals surface area contributed by atoms with Crippen molar-refractivity contribution in [2.24, 2.45) is 0 Å². The normalized spacial score (nSPS) is 18.5. The molecule has 1 atom stereocenters. The smallest absolute Gasteiger partial charge is 0.224 e. The zero-order valence-electron chi connectivity index (χ0n) is 11.5. The molecule has 112 valence electrons. The summed E-state index contributed by atoms with van der Waals surface area (Å²) >= 11 is 7.83. The van der Waals surface area contributed by atoms with Crippen molar-refractivity contribution >= 4 is 41.7 Å². The molecule has 1 saturated heterocycles. The van der Waals surface area contributed by atoms with E-state index in [1.54, 1.807) is 0 Å². The Balaban J connectivity index is 0.00000200. The van der Waals surface area contributed by atoms with Gasteiger partial charge in [0.15, 0.2) is 0 Å². The summed E-state index contributed by atoms with van der Waals surface area (Å²) in [6.45, 7) is 1.57. The van der Waals surface area contributed by atoms with Crippen LogP contribution >= 0.6 is 35.8 Å². The highest BCUT2D eigenvalue weighted by Crippen LogP contribution is 2.30. The van der Waals surface area contributed by atoms with Crippen molar-refractivity contribution in [2.45, 2.75) is 12.5 Å². The summed E-state index contributed by atoms with van der Waals surface area (Å²) in [4.78, 5) is 14.3. The van der Waals surface area contributed by atoms with Crippen molar-refractivity contribution in [3.05, 3.63) is 34.9 Å². The molecular weight excluding hydrogens is 315 g/mol. The fourth-order valence-corrected chi connectivity index (χ4v) is 3.45. The van der Waals surface area contributed by atoms with Crippen molar-refractivity contribution in [1.29, 1.82) is 0 Å². The minimum absolute atomic E-state index is 0. The number of hydrogen-bond acceptors (Lipinski definition) is 3. The van der Waals surface area contributed by atoms with Crippen LogP contribution in [0.25, 0.3) is 0 Å². The summed E-state index contributed by atoms with van der Waals surface area (Å²) in [6.07, 6.45) is 0.561. The van der Waals surface area contributed by atoms with Crippen molar-refractivity contribution in [3.8, 4) is 0 Å². The zero-order chi connectivity index (χ0) is 13.7. The van der Waals surface area contributed by atoms with Crippen molar-refractivity contribution < 1.29 is 4.79 Å². The molecule has 20 heavy (non-hydrogen) atoms. The monoisotopic (exact) mass is 334 g/mol. The molecule has 0 saturated carbocycles. The van der Waals surface area contributed by atoms with Gasteiger partial charge in [-0.25, -0.2) is 0 Å². The number of benzene rings is 1. The van der Waals surface area contributed by atoms with Crippen LogP contribution in [-0.4, -0.2) is 42.4 Å². The molecular formula is C14H20Cl2N2OS. The van der Waals surface area contributed by atoms with Gasteiger partial charge in [-0.1, -0.05) is 23.7 Å². The topological polar surface area (TPSA) is 32.3 Å².